The molecule has 0 amide bonds. The number of hydrogen-bond donors (Lipinski definition) is 0. The van der Waals surface area contributed by atoms with Crippen molar-refractivity contribution in [1.29, 1.82) is 5.26 Å². The molecular weight excluding hydrogens is 621 g/mol. The van der Waals surface area contributed by atoms with E-state index in [1.165, 1.54) is 58.9 Å². The Bertz CT molecular complexity index is 2250. The fraction of sp³-hybridized carbons (Fsp3) is 0.0606. The van der Waals surface area contributed by atoms with Crippen LogP contribution in [0.5, 0.6) is 0 Å². The molecule has 3 aromatic heterocycles. The molecule has 0 aliphatic heterocycles. The predicted molar refractivity (Wildman–Crippen MR) is 169 cm³/mol. The fourth-order valence-corrected chi connectivity index (χ4v) is 7.62. The van der Waals surface area contributed by atoms with Gasteiger partial charge in [0, 0.05) is 44.6 Å². The van der Waals surface area contributed by atoms with E-state index < -0.39 is 21.8 Å². The van der Waals surface area contributed by atoms with Crippen molar-refractivity contribution >= 4 is 49.8 Å². The summed E-state index contributed by atoms with van der Waals surface area (Å²) in [5, 5.41) is 12.3. The molecule has 218 valence electrons. The van der Waals surface area contributed by atoms with Gasteiger partial charge in [-0.1, -0.05) is 35.9 Å². The Labute approximate surface area is 261 Å². The van der Waals surface area contributed by atoms with E-state index in [1.807, 2.05) is 0 Å². The summed E-state index contributed by atoms with van der Waals surface area (Å²) in [5.41, 5.74) is 3.97. The second-order valence-corrected chi connectivity index (χ2v) is 12.9. The molecule has 0 bridgehead atoms. The highest BCUT2D eigenvalue weighted by Crippen LogP contribution is 2.46. The van der Waals surface area contributed by atoms with Crippen molar-refractivity contribution in [2.24, 2.45) is 0 Å². The van der Waals surface area contributed by atoms with Crippen LogP contribution >= 0.6 is 22.9 Å². The van der Waals surface area contributed by atoms with Gasteiger partial charge in [-0.3, -0.25) is 4.98 Å². The number of halogens is 2. The number of nitriles is 1. The lowest BCUT2D eigenvalue weighted by Crippen LogP contribution is -2.15. The Morgan fingerprint density at radius 1 is 1.02 bits per heavy atom. The van der Waals surface area contributed by atoms with Crippen LogP contribution in [0.3, 0.4) is 0 Å². The Morgan fingerprint density at radius 2 is 1.82 bits per heavy atom. The highest BCUT2D eigenvalue weighted by Gasteiger charge is 2.30. The normalized spacial score (nSPS) is 11.4. The minimum Gasteiger partial charge on any atom is -0.465 e. The van der Waals surface area contributed by atoms with Crippen molar-refractivity contribution in [2.45, 2.75) is 11.8 Å². The Kier molecular flexibility index (Phi) is 7.55. The second kappa shape index (κ2) is 11.4. The summed E-state index contributed by atoms with van der Waals surface area (Å²) in [6.07, 6.45) is 1.29. The number of hydrogen-bond acceptors (Lipinski definition) is 7. The summed E-state index contributed by atoms with van der Waals surface area (Å²) < 4.78 is 49.6. The van der Waals surface area contributed by atoms with Crippen LogP contribution in [-0.2, 0) is 14.8 Å². The number of thiophene rings is 1. The van der Waals surface area contributed by atoms with E-state index in [9.17, 15) is 22.9 Å². The molecule has 6 aromatic rings. The molecule has 0 N–H and O–H groups in total. The number of esters is 1. The Balaban J connectivity index is 1.70. The quantitative estimate of drug-likeness (QED) is 0.170. The third-order valence-electron chi connectivity index (χ3n) is 7.18. The number of carbonyl (C=O) groups excluding carboxylic acids is 1. The average Bonchev–Trinajstić information content (AvgIpc) is 3.63. The third-order valence-corrected chi connectivity index (χ3v) is 10.0. The number of aryl methyl sites for hydroxylation is 1. The highest BCUT2D eigenvalue weighted by atomic mass is 35.5. The first-order valence-electron chi connectivity index (χ1n) is 13.1. The molecule has 0 saturated carbocycles. The lowest BCUT2D eigenvalue weighted by atomic mass is 9.96. The molecule has 44 heavy (non-hydrogen) atoms. The maximum atomic E-state index is 14.8. The smallest absolute Gasteiger partial charge is 0.337 e. The number of ether oxygens (including phenoxy) is 1. The van der Waals surface area contributed by atoms with Crippen molar-refractivity contribution in [3.63, 3.8) is 0 Å². The van der Waals surface area contributed by atoms with Gasteiger partial charge in [-0.2, -0.15) is 5.26 Å². The maximum absolute atomic E-state index is 14.8. The summed E-state index contributed by atoms with van der Waals surface area (Å²) in [4.78, 5) is 16.5. The van der Waals surface area contributed by atoms with Gasteiger partial charge in [0.25, 0.3) is 10.0 Å². The van der Waals surface area contributed by atoms with Crippen LogP contribution in [0.1, 0.15) is 20.9 Å². The molecule has 0 saturated heterocycles. The summed E-state index contributed by atoms with van der Waals surface area (Å²) in [7, 11) is -3.01. The van der Waals surface area contributed by atoms with Crippen LogP contribution in [0.25, 0.3) is 44.4 Å². The summed E-state index contributed by atoms with van der Waals surface area (Å²) >= 11 is 7.81. The molecule has 0 spiro atoms. The van der Waals surface area contributed by atoms with Crippen molar-refractivity contribution in [2.75, 3.05) is 7.11 Å². The number of nitrogens with zero attached hydrogens (tertiary/aromatic N) is 3. The van der Waals surface area contributed by atoms with E-state index in [1.54, 1.807) is 60.8 Å². The third kappa shape index (κ3) is 4.95. The van der Waals surface area contributed by atoms with Crippen molar-refractivity contribution in [3.05, 3.63) is 117 Å². The summed E-state index contributed by atoms with van der Waals surface area (Å²) in [5.74, 6) is -1.09. The van der Waals surface area contributed by atoms with Crippen LogP contribution in [-0.4, -0.2) is 30.5 Å². The van der Waals surface area contributed by atoms with Crippen LogP contribution in [0.2, 0.25) is 5.02 Å². The van der Waals surface area contributed by atoms with Gasteiger partial charge in [0.1, 0.15) is 21.7 Å². The second-order valence-electron chi connectivity index (χ2n) is 9.83. The van der Waals surface area contributed by atoms with Crippen LogP contribution in [0, 0.1) is 24.1 Å². The molecule has 3 aromatic carbocycles. The Hall–Kier alpha value is -4.82. The first-order valence-corrected chi connectivity index (χ1v) is 15.8. The molecule has 0 radical (unpaired) electrons. The number of carbonyl (C=O) groups is 1. The number of methoxy groups -OCH3 is 1. The zero-order chi connectivity index (χ0) is 31.2. The molecular formula is C33H21ClFN3O4S2. The summed E-state index contributed by atoms with van der Waals surface area (Å²) in [6.45, 7) is 1.75. The van der Waals surface area contributed by atoms with Crippen molar-refractivity contribution in [1.82, 2.24) is 8.96 Å². The minimum absolute atomic E-state index is 0.0550. The first-order chi connectivity index (χ1) is 21.1. The average molecular weight is 642 g/mol. The molecule has 6 rings (SSSR count). The number of benzene rings is 3. The number of pyridine rings is 1. The van der Waals surface area contributed by atoms with E-state index in [2.05, 4.69) is 11.1 Å². The largest absolute Gasteiger partial charge is 0.465 e. The zero-order valence-corrected chi connectivity index (χ0v) is 25.6. The highest BCUT2D eigenvalue weighted by molar-refractivity contribution is 7.90. The van der Waals surface area contributed by atoms with E-state index in [4.69, 9.17) is 16.3 Å². The van der Waals surface area contributed by atoms with Gasteiger partial charge in [-0.05, 0) is 72.5 Å². The van der Waals surface area contributed by atoms with Gasteiger partial charge in [0.15, 0.2) is 0 Å². The summed E-state index contributed by atoms with van der Waals surface area (Å²) in [6, 6.07) is 22.7. The molecule has 0 unspecified atom stereocenters. The van der Waals surface area contributed by atoms with Gasteiger partial charge in [-0.15, -0.1) is 11.3 Å². The number of aromatic nitrogens is 2. The molecule has 0 aliphatic carbocycles. The molecule has 7 nitrogen and oxygen atoms in total. The predicted octanol–water partition coefficient (Wildman–Crippen LogP) is 8.10. The van der Waals surface area contributed by atoms with Gasteiger partial charge < -0.3 is 4.74 Å². The van der Waals surface area contributed by atoms with E-state index in [0.717, 1.165) is 0 Å². The van der Waals surface area contributed by atoms with Gasteiger partial charge in [0.05, 0.1) is 23.9 Å². The minimum atomic E-state index is -4.29. The number of rotatable bonds is 6. The van der Waals surface area contributed by atoms with Gasteiger partial charge in [0.2, 0.25) is 0 Å². The SMILES string of the molecule is COC(=O)c1ccc(-c2cccc(-c3c(-c4ccsc4C#N)c4cc(F)ccc4n3S(=O)(=O)c3ccc(C)nc3)c2)c(Cl)c1. The molecule has 11 heteroatoms. The zero-order valence-electron chi connectivity index (χ0n) is 23.2. The number of fused-ring (bicyclic) bond motifs is 1. The van der Waals surface area contributed by atoms with Crippen molar-refractivity contribution < 1.29 is 22.3 Å². The topological polar surface area (TPSA) is 102 Å². The molecule has 0 atom stereocenters. The van der Waals surface area contributed by atoms with Crippen molar-refractivity contribution in [3.8, 4) is 39.6 Å². The molecule has 0 fully saturated rings. The van der Waals surface area contributed by atoms with E-state index in [-0.39, 0.29) is 26.7 Å². The fourth-order valence-electron chi connectivity index (χ4n) is 5.15. The molecule has 3 heterocycles. The first kappa shape index (κ1) is 29.3. The lowest BCUT2D eigenvalue weighted by molar-refractivity contribution is 0.0600. The van der Waals surface area contributed by atoms with Crippen LogP contribution in [0.4, 0.5) is 4.39 Å². The van der Waals surface area contributed by atoms with Gasteiger partial charge >= 0.3 is 5.97 Å². The van der Waals surface area contributed by atoms with E-state index >= 15 is 0 Å². The van der Waals surface area contributed by atoms with Crippen LogP contribution in [0.15, 0.2) is 95.3 Å². The monoisotopic (exact) mass is 641 g/mol. The Morgan fingerprint density at radius 3 is 2.52 bits per heavy atom. The van der Waals surface area contributed by atoms with Crippen LogP contribution < -0.4 is 0 Å². The standard InChI is InChI=1S/C33H21ClFN3O4S2/c1-19-6-9-24(18-37-19)44(40,41)38-29-11-8-23(35)16-27(29)31(26-12-13-43-30(26)17-36)32(38)21-5-3-4-20(14-21)25-10-7-22(15-28(25)34)33(39)42-2/h3-16,18H,1-2H3. The van der Waals surface area contributed by atoms with E-state index in [0.29, 0.717) is 43.8 Å². The lowest BCUT2D eigenvalue weighted by Gasteiger charge is -2.15. The maximum Gasteiger partial charge on any atom is 0.337 e. The molecule has 0 aliphatic rings. The van der Waals surface area contributed by atoms with Gasteiger partial charge in [-0.25, -0.2) is 21.6 Å².